The third-order valence-corrected chi connectivity index (χ3v) is 7.81. The predicted octanol–water partition coefficient (Wildman–Crippen LogP) is 4.69. The van der Waals surface area contributed by atoms with Gasteiger partial charge in [-0.05, 0) is 60.6 Å². The normalized spacial score (nSPS) is 22.5. The predicted molar refractivity (Wildman–Crippen MR) is 137 cm³/mol. The van der Waals surface area contributed by atoms with Crippen LogP contribution in [0.4, 0.5) is 0 Å². The number of hydrogen-bond acceptors (Lipinski definition) is 4. The van der Waals surface area contributed by atoms with E-state index in [0.29, 0.717) is 11.8 Å². The number of carbonyl (C=O) groups excluding carboxylic acids is 1. The van der Waals surface area contributed by atoms with Gasteiger partial charge in [-0.3, -0.25) is 14.5 Å². The Bertz CT molecular complexity index is 1390. The fourth-order valence-corrected chi connectivity index (χ4v) is 6.23. The van der Waals surface area contributed by atoms with Gasteiger partial charge < -0.3 is 9.30 Å². The van der Waals surface area contributed by atoms with Crippen LogP contribution in [0.15, 0.2) is 71.0 Å². The Balaban J connectivity index is 1.25. The topological polar surface area (TPSA) is 51.5 Å². The van der Waals surface area contributed by atoms with Gasteiger partial charge in [0.05, 0.1) is 7.11 Å². The molecule has 6 rings (SSSR count). The van der Waals surface area contributed by atoms with Gasteiger partial charge in [0.2, 0.25) is 0 Å². The molecule has 5 nitrogen and oxygen atoms in total. The molecule has 1 fully saturated rings. The highest BCUT2D eigenvalue weighted by molar-refractivity contribution is 6.13. The molecule has 2 aliphatic heterocycles. The molecule has 2 bridgehead atoms. The first-order valence-electron chi connectivity index (χ1n) is 12.5. The first kappa shape index (κ1) is 22.1. The zero-order valence-electron chi connectivity index (χ0n) is 20.1. The monoisotopic (exact) mass is 466 g/mol. The van der Waals surface area contributed by atoms with Crippen LogP contribution in [0.5, 0.6) is 5.75 Å². The number of piperidine rings is 1. The second kappa shape index (κ2) is 8.97. The van der Waals surface area contributed by atoms with Crippen molar-refractivity contribution in [3.63, 3.8) is 0 Å². The first-order valence-corrected chi connectivity index (χ1v) is 12.5. The maximum Gasteiger partial charge on any atom is 0.250 e. The standard InChI is InChI=1S/C30H30N2O3/c1-35-28-12-9-20(13-23-11-10-22-5-2-3-6-26(22)30(23)34)14-25(28)19-31-16-21-15-24(18-31)27-7-4-8-29(33)32(27)17-21/h2-9,12-14,21,24H,10-11,15-19H2,1H3/t21?,24-/m0/s1. The van der Waals surface area contributed by atoms with Crippen molar-refractivity contribution in [2.75, 3.05) is 20.2 Å². The van der Waals surface area contributed by atoms with Crippen molar-refractivity contribution in [3.8, 4) is 5.75 Å². The van der Waals surface area contributed by atoms with Gasteiger partial charge in [-0.15, -0.1) is 0 Å². The molecule has 3 heterocycles. The summed E-state index contributed by atoms with van der Waals surface area (Å²) in [5.74, 6) is 1.88. The Morgan fingerprint density at radius 1 is 0.971 bits per heavy atom. The Kier molecular flexibility index (Phi) is 5.65. The zero-order valence-corrected chi connectivity index (χ0v) is 20.1. The van der Waals surface area contributed by atoms with Crippen molar-refractivity contribution >= 4 is 11.9 Å². The lowest BCUT2D eigenvalue weighted by Gasteiger charge is -2.43. The molecule has 5 heteroatoms. The third kappa shape index (κ3) is 4.14. The quantitative estimate of drug-likeness (QED) is 0.524. The number of Topliss-reactive ketones (excluding diaryl/α,β-unsaturated/α-hetero) is 1. The van der Waals surface area contributed by atoms with Crippen LogP contribution in [0.25, 0.3) is 6.08 Å². The van der Waals surface area contributed by atoms with Crippen LogP contribution in [-0.2, 0) is 19.5 Å². The summed E-state index contributed by atoms with van der Waals surface area (Å²) < 4.78 is 7.68. The molecule has 2 aromatic carbocycles. The molecule has 1 unspecified atom stereocenters. The maximum absolute atomic E-state index is 13.1. The van der Waals surface area contributed by atoms with Gasteiger partial charge in [-0.1, -0.05) is 36.4 Å². The number of fused-ring (bicyclic) bond motifs is 5. The summed E-state index contributed by atoms with van der Waals surface area (Å²) in [6.07, 6.45) is 4.87. The molecule has 3 aliphatic rings. The van der Waals surface area contributed by atoms with Crippen molar-refractivity contribution in [1.29, 1.82) is 0 Å². The summed E-state index contributed by atoms with van der Waals surface area (Å²) in [6.45, 7) is 3.50. The summed E-state index contributed by atoms with van der Waals surface area (Å²) in [4.78, 5) is 27.9. The Labute approximate surface area is 205 Å². The summed E-state index contributed by atoms with van der Waals surface area (Å²) in [5.41, 5.74) is 6.30. The third-order valence-electron chi connectivity index (χ3n) is 7.81. The molecular weight excluding hydrogens is 436 g/mol. The van der Waals surface area contributed by atoms with Gasteiger partial charge >= 0.3 is 0 Å². The maximum atomic E-state index is 13.1. The second-order valence-electron chi connectivity index (χ2n) is 10.1. The average molecular weight is 467 g/mol. The van der Waals surface area contributed by atoms with Crippen molar-refractivity contribution in [3.05, 3.63) is 105 Å². The van der Waals surface area contributed by atoms with Crippen LogP contribution < -0.4 is 10.3 Å². The van der Waals surface area contributed by atoms with Crippen LogP contribution in [0.1, 0.15) is 51.5 Å². The number of hydrogen-bond donors (Lipinski definition) is 0. The SMILES string of the molecule is COc1ccc(C=C2CCc3ccccc3C2=O)cc1CN1CC2C[C@@H](C1)c1cccc(=O)n1C2. The molecule has 2 atom stereocenters. The Morgan fingerprint density at radius 3 is 2.74 bits per heavy atom. The van der Waals surface area contributed by atoms with Gasteiger partial charge in [-0.2, -0.15) is 0 Å². The molecular formula is C30H30N2O3. The first-order chi connectivity index (χ1) is 17.1. The minimum Gasteiger partial charge on any atom is -0.496 e. The number of aromatic nitrogens is 1. The minimum absolute atomic E-state index is 0.118. The van der Waals surface area contributed by atoms with Crippen LogP contribution in [0, 0.1) is 5.92 Å². The Morgan fingerprint density at radius 2 is 1.86 bits per heavy atom. The molecule has 3 aromatic rings. The van der Waals surface area contributed by atoms with E-state index < -0.39 is 0 Å². The lowest BCUT2D eigenvalue weighted by Crippen LogP contribution is -2.46. The van der Waals surface area contributed by atoms with Crippen molar-refractivity contribution in [2.45, 2.75) is 38.3 Å². The van der Waals surface area contributed by atoms with Crippen LogP contribution in [0.3, 0.4) is 0 Å². The number of ketones is 1. The molecule has 178 valence electrons. The Hall–Kier alpha value is -3.44. The van der Waals surface area contributed by atoms with Crippen LogP contribution in [-0.4, -0.2) is 35.4 Å². The second-order valence-corrected chi connectivity index (χ2v) is 10.1. The van der Waals surface area contributed by atoms with Gasteiger partial charge in [0.1, 0.15) is 5.75 Å². The number of ether oxygens (including phenoxy) is 1. The number of allylic oxidation sites excluding steroid dienone is 1. The highest BCUT2D eigenvalue weighted by Crippen LogP contribution is 2.36. The van der Waals surface area contributed by atoms with E-state index in [1.165, 1.54) is 5.69 Å². The zero-order chi connectivity index (χ0) is 23.9. The van der Waals surface area contributed by atoms with E-state index in [1.807, 2.05) is 41.0 Å². The molecule has 0 N–H and O–H groups in total. The number of benzene rings is 2. The van der Waals surface area contributed by atoms with Gasteiger partial charge in [0.25, 0.3) is 5.56 Å². The molecule has 0 radical (unpaired) electrons. The number of likely N-dealkylation sites (tertiary alicyclic amines) is 1. The van der Waals surface area contributed by atoms with E-state index >= 15 is 0 Å². The highest BCUT2D eigenvalue weighted by Gasteiger charge is 2.34. The fourth-order valence-electron chi connectivity index (χ4n) is 6.23. The van der Waals surface area contributed by atoms with E-state index in [-0.39, 0.29) is 11.3 Å². The summed E-state index contributed by atoms with van der Waals surface area (Å²) in [5, 5.41) is 0. The molecule has 1 saturated heterocycles. The van der Waals surface area contributed by atoms with E-state index in [1.54, 1.807) is 13.2 Å². The van der Waals surface area contributed by atoms with E-state index in [9.17, 15) is 9.59 Å². The molecule has 1 aliphatic carbocycles. The molecule has 0 amide bonds. The van der Waals surface area contributed by atoms with E-state index in [4.69, 9.17) is 4.74 Å². The number of carbonyl (C=O) groups is 1. The summed E-state index contributed by atoms with van der Waals surface area (Å²) in [6, 6.07) is 19.8. The highest BCUT2D eigenvalue weighted by atomic mass is 16.5. The minimum atomic E-state index is 0.118. The molecule has 1 aromatic heterocycles. The van der Waals surface area contributed by atoms with Gasteiger partial charge in [-0.25, -0.2) is 0 Å². The fraction of sp³-hybridized carbons (Fsp3) is 0.333. The lowest BCUT2D eigenvalue weighted by atomic mass is 9.83. The number of rotatable bonds is 4. The number of nitrogens with zero attached hydrogens (tertiary/aromatic N) is 2. The average Bonchev–Trinajstić information content (AvgIpc) is 2.87. The smallest absolute Gasteiger partial charge is 0.250 e. The van der Waals surface area contributed by atoms with Crippen LogP contribution >= 0.6 is 0 Å². The summed E-state index contributed by atoms with van der Waals surface area (Å²) >= 11 is 0. The van der Waals surface area contributed by atoms with Crippen LogP contribution in [0.2, 0.25) is 0 Å². The van der Waals surface area contributed by atoms with Crippen molar-refractivity contribution in [1.82, 2.24) is 9.47 Å². The lowest BCUT2D eigenvalue weighted by molar-refractivity contribution is 0.102. The largest absolute Gasteiger partial charge is 0.496 e. The molecule has 0 saturated carbocycles. The number of pyridine rings is 1. The van der Waals surface area contributed by atoms with E-state index in [0.717, 1.165) is 79.0 Å². The number of methoxy groups -OCH3 is 1. The molecule has 35 heavy (non-hydrogen) atoms. The molecule has 0 spiro atoms. The number of aryl methyl sites for hydroxylation is 1. The van der Waals surface area contributed by atoms with Gasteiger partial charge in [0, 0.05) is 60.6 Å². The summed E-state index contributed by atoms with van der Waals surface area (Å²) in [7, 11) is 1.71. The van der Waals surface area contributed by atoms with E-state index in [2.05, 4.69) is 29.2 Å². The van der Waals surface area contributed by atoms with Crippen molar-refractivity contribution in [2.24, 2.45) is 5.92 Å². The van der Waals surface area contributed by atoms with Crippen molar-refractivity contribution < 1.29 is 9.53 Å². The van der Waals surface area contributed by atoms with Gasteiger partial charge in [0.15, 0.2) is 5.78 Å².